The van der Waals surface area contributed by atoms with Crippen LogP contribution in [0.5, 0.6) is 0 Å². The second kappa shape index (κ2) is 18.3. The Kier molecular flexibility index (Phi) is 11.5. The zero-order valence-corrected chi connectivity index (χ0v) is 54.6. The summed E-state index contributed by atoms with van der Waals surface area (Å²) in [6, 6.07) is 63.9. The fraction of sp³-hybridized carbons (Fsp3) is 0.341. The minimum Gasteiger partial charge on any atom is -0.456 e. The van der Waals surface area contributed by atoms with Crippen LogP contribution in [0, 0.1) is 0 Å². The van der Waals surface area contributed by atoms with Gasteiger partial charge in [0.1, 0.15) is 16.7 Å². The fourth-order valence-electron chi connectivity index (χ4n) is 17.1. The normalized spacial score (nSPS) is 20.1. The molecule has 0 N–H and O–H groups in total. The van der Waals surface area contributed by atoms with Crippen LogP contribution in [0.25, 0.3) is 55.0 Å². The molecule has 5 aliphatic rings. The van der Waals surface area contributed by atoms with Crippen molar-refractivity contribution in [2.24, 2.45) is 0 Å². The van der Waals surface area contributed by atoms with E-state index in [0.29, 0.717) is 0 Å². The Morgan fingerprint density at radius 1 is 0.420 bits per heavy atom. The maximum Gasteiger partial charge on any atom is 0.252 e. The third-order valence-corrected chi connectivity index (χ3v) is 22.5. The average molecular weight is 1150 g/mol. The topological polar surface area (TPSA) is 36.0 Å². The molecular weight excluding hydrogens is 1070 g/mol. The summed E-state index contributed by atoms with van der Waals surface area (Å²) in [6.45, 7) is 36.1. The largest absolute Gasteiger partial charge is 0.456 e. The van der Waals surface area contributed by atoms with E-state index in [0.717, 1.165) is 86.6 Å². The predicted octanol–water partition coefficient (Wildman–Crippen LogP) is 21.2. The van der Waals surface area contributed by atoms with Crippen molar-refractivity contribution in [1.29, 1.82) is 0 Å². The Morgan fingerprint density at radius 3 is 1.76 bits per heavy atom. The lowest BCUT2D eigenvalue weighted by atomic mass is 9.33. The van der Waals surface area contributed by atoms with Crippen molar-refractivity contribution in [3.63, 3.8) is 0 Å². The maximum atomic E-state index is 7.60. The molecule has 3 aliphatic heterocycles. The number of para-hydroxylation sites is 1. The number of fused-ring (bicyclic) bond motifs is 15. The molecule has 0 saturated heterocycles. The molecule has 0 amide bonds. The van der Waals surface area contributed by atoms with E-state index in [9.17, 15) is 0 Å². The van der Waals surface area contributed by atoms with E-state index < -0.39 is 0 Å². The van der Waals surface area contributed by atoms with Gasteiger partial charge in [-0.3, -0.25) is 0 Å². The summed E-state index contributed by atoms with van der Waals surface area (Å²) in [5, 5.41) is 4.53. The van der Waals surface area contributed by atoms with Gasteiger partial charge in [-0.1, -0.05) is 207 Å². The molecule has 1 fully saturated rings. The van der Waals surface area contributed by atoms with Crippen LogP contribution in [0.2, 0.25) is 0 Å². The predicted molar refractivity (Wildman–Crippen MR) is 375 cm³/mol. The van der Waals surface area contributed by atoms with Crippen molar-refractivity contribution in [2.45, 2.75) is 180 Å². The number of hydrogen-bond acceptors (Lipinski definition) is 5. The highest BCUT2D eigenvalue weighted by Crippen LogP contribution is 2.63. The van der Waals surface area contributed by atoms with Gasteiger partial charge in [-0.25, -0.2) is 0 Å². The number of anilines is 8. The lowest BCUT2D eigenvalue weighted by Crippen LogP contribution is -2.62. The summed E-state index contributed by atoms with van der Waals surface area (Å²) in [5.41, 5.74) is 27.1. The second-order valence-corrected chi connectivity index (χ2v) is 31.9. The van der Waals surface area contributed by atoms with E-state index in [1.54, 1.807) is 0 Å². The smallest absolute Gasteiger partial charge is 0.252 e. The second-order valence-electron chi connectivity index (χ2n) is 31.9. The minimum absolute atomic E-state index is 0.00673. The van der Waals surface area contributed by atoms with Gasteiger partial charge in [0.2, 0.25) is 0 Å². The van der Waals surface area contributed by atoms with Crippen LogP contribution in [0.15, 0.2) is 173 Å². The van der Waals surface area contributed by atoms with Crippen LogP contribution in [0.3, 0.4) is 0 Å². The monoisotopic (exact) mass is 1150 g/mol. The molecule has 0 bridgehead atoms. The standard InChI is InChI=1S/C82H84BN3O2/c1-76(2,3)50-30-35-63(56(42-50)49-24-17-16-18-25-49)85-68-46-53(86-64-36-31-52(78(7,8)9)44-60(64)81(14)38-21-22-39-82(81,86)15)45-67-73(68)83(61-34-33-54-57-43-51(77(4,5)6)32-37-70(57)88-75(54)74(61)85)62-47-58-59(80(12,13)41-40-79(58,10)11)48-66(62)84(67)65-27-23-29-71-72(65)55-26-19-20-28-69(55)87-71/h16-20,23-37,42-48H,21-22,38-41H2,1-15H3. The third-order valence-electron chi connectivity index (χ3n) is 22.5. The van der Waals surface area contributed by atoms with Crippen LogP contribution < -0.4 is 31.1 Å². The van der Waals surface area contributed by atoms with Gasteiger partial charge in [0.05, 0.1) is 28.0 Å². The van der Waals surface area contributed by atoms with Crippen LogP contribution in [-0.4, -0.2) is 12.3 Å². The Hall–Kier alpha value is -7.96. The fourth-order valence-corrected chi connectivity index (χ4v) is 17.1. The molecule has 2 atom stereocenters. The van der Waals surface area contributed by atoms with Gasteiger partial charge in [-0.2, -0.15) is 0 Å². The van der Waals surface area contributed by atoms with Crippen molar-refractivity contribution in [3.8, 4) is 11.1 Å². The SMILES string of the molecule is CC(C)(C)c1ccc(N2c3cc(N4c5ccc(C(C)(C)C)cc5C5(C)CCCCC45C)cc4c3B(c3cc5c(cc3N4c3cccc4oc6ccccc6c34)C(C)(C)CCC5(C)C)c3ccc4c(oc5ccc(C(C)(C)C)cc54)c32)c(-c2ccccc2)c1. The number of furan rings is 2. The van der Waals surface area contributed by atoms with Crippen molar-refractivity contribution < 1.29 is 8.83 Å². The molecule has 5 nitrogen and oxygen atoms in total. The quantitative estimate of drug-likeness (QED) is 0.164. The van der Waals surface area contributed by atoms with Crippen LogP contribution in [-0.2, 0) is 32.5 Å². The molecule has 2 aliphatic carbocycles. The molecule has 0 radical (unpaired) electrons. The van der Waals surface area contributed by atoms with Crippen molar-refractivity contribution >= 4 is 112 Å². The van der Waals surface area contributed by atoms with Gasteiger partial charge in [-0.15, -0.1) is 0 Å². The van der Waals surface area contributed by atoms with Crippen LogP contribution in [0.4, 0.5) is 45.5 Å². The van der Waals surface area contributed by atoms with Gasteiger partial charge in [-0.05, 0) is 182 Å². The Bertz CT molecular complexity index is 4760. The molecule has 0 spiro atoms. The summed E-state index contributed by atoms with van der Waals surface area (Å²) in [5.74, 6) is 0. The molecule has 442 valence electrons. The molecule has 16 rings (SSSR count). The lowest BCUT2D eigenvalue weighted by Gasteiger charge is -2.51. The van der Waals surface area contributed by atoms with E-state index >= 15 is 0 Å². The number of benzene rings is 9. The van der Waals surface area contributed by atoms with Gasteiger partial charge in [0.25, 0.3) is 6.71 Å². The van der Waals surface area contributed by atoms with Crippen LogP contribution >= 0.6 is 0 Å². The molecule has 2 aromatic heterocycles. The molecule has 6 heteroatoms. The van der Waals surface area contributed by atoms with Gasteiger partial charge in [0, 0.05) is 55.6 Å². The van der Waals surface area contributed by atoms with Gasteiger partial charge in [0.15, 0.2) is 5.58 Å². The van der Waals surface area contributed by atoms with E-state index in [4.69, 9.17) is 8.83 Å². The van der Waals surface area contributed by atoms with E-state index in [1.807, 2.05) is 0 Å². The molecule has 1 saturated carbocycles. The molecular formula is C82H84BN3O2. The number of hydrogen-bond donors (Lipinski definition) is 0. The Labute approximate surface area is 521 Å². The van der Waals surface area contributed by atoms with Gasteiger partial charge >= 0.3 is 0 Å². The highest BCUT2D eigenvalue weighted by atomic mass is 16.3. The first-order valence-electron chi connectivity index (χ1n) is 32.8. The van der Waals surface area contributed by atoms with E-state index in [-0.39, 0.29) is 44.7 Å². The Morgan fingerprint density at radius 2 is 1.03 bits per heavy atom. The van der Waals surface area contributed by atoms with E-state index in [2.05, 4.69) is 282 Å². The first-order valence-corrected chi connectivity index (χ1v) is 32.8. The summed E-state index contributed by atoms with van der Waals surface area (Å²) in [7, 11) is 0. The summed E-state index contributed by atoms with van der Waals surface area (Å²) in [6.07, 6.45) is 6.83. The molecule has 2 unspecified atom stereocenters. The van der Waals surface area contributed by atoms with Crippen molar-refractivity contribution in [2.75, 3.05) is 14.7 Å². The van der Waals surface area contributed by atoms with Gasteiger partial charge < -0.3 is 23.5 Å². The minimum atomic E-state index is -0.241. The maximum absolute atomic E-state index is 7.60. The summed E-state index contributed by atoms with van der Waals surface area (Å²) < 4.78 is 14.5. The first-order chi connectivity index (χ1) is 41.7. The highest BCUT2D eigenvalue weighted by Gasteiger charge is 2.59. The molecule has 9 aromatic carbocycles. The first kappa shape index (κ1) is 55.4. The highest BCUT2D eigenvalue weighted by molar-refractivity contribution is 7.00. The zero-order valence-electron chi connectivity index (χ0n) is 54.6. The molecule has 88 heavy (non-hydrogen) atoms. The van der Waals surface area contributed by atoms with Crippen molar-refractivity contribution in [1.82, 2.24) is 0 Å². The summed E-state index contributed by atoms with van der Waals surface area (Å²) in [4.78, 5) is 8.23. The molecule has 5 heterocycles. The third kappa shape index (κ3) is 7.78. The lowest BCUT2D eigenvalue weighted by molar-refractivity contribution is 0.195. The summed E-state index contributed by atoms with van der Waals surface area (Å²) >= 11 is 0. The van der Waals surface area contributed by atoms with Crippen molar-refractivity contribution in [3.05, 3.63) is 197 Å². The molecule has 11 aromatic rings. The Balaban J connectivity index is 1.11. The number of nitrogens with zero attached hydrogens (tertiary/aromatic N) is 3. The van der Waals surface area contributed by atoms with Crippen LogP contribution in [0.1, 0.15) is 176 Å². The average Bonchev–Trinajstić information content (AvgIpc) is 1.54. The zero-order chi connectivity index (χ0) is 61.1. The number of rotatable bonds is 4. The van der Waals surface area contributed by atoms with E-state index in [1.165, 1.54) is 102 Å².